The number of methoxy groups -OCH3 is 1. The molecular weight excluding hydrogens is 264 g/mol. The van der Waals surface area contributed by atoms with Gasteiger partial charge in [-0.3, -0.25) is 14.9 Å². The maximum Gasteiger partial charge on any atom is 0.307 e. The van der Waals surface area contributed by atoms with Crippen molar-refractivity contribution >= 4 is 23.2 Å². The van der Waals surface area contributed by atoms with Crippen LogP contribution < -0.4 is 5.32 Å². The van der Waals surface area contributed by atoms with Crippen molar-refractivity contribution < 1.29 is 14.3 Å². The number of nitrogens with zero attached hydrogens (tertiary/aromatic N) is 1. The zero-order chi connectivity index (χ0) is 13.5. The highest BCUT2D eigenvalue weighted by Crippen LogP contribution is 2.46. The van der Waals surface area contributed by atoms with Crippen LogP contribution >= 0.6 is 11.3 Å². The fourth-order valence-electron chi connectivity index (χ4n) is 2.52. The third kappa shape index (κ3) is 2.15. The number of hydrogen-bond acceptors (Lipinski definition) is 5. The Kier molecular flexibility index (Phi) is 3.06. The quantitative estimate of drug-likeness (QED) is 0.844. The first-order chi connectivity index (χ1) is 9.16. The van der Waals surface area contributed by atoms with E-state index in [0.29, 0.717) is 6.54 Å². The van der Waals surface area contributed by atoms with Crippen molar-refractivity contribution in [2.24, 2.45) is 0 Å². The zero-order valence-corrected chi connectivity index (χ0v) is 11.5. The highest BCUT2D eigenvalue weighted by atomic mass is 32.1. The predicted octanol–water partition coefficient (Wildman–Crippen LogP) is 1.27. The summed E-state index contributed by atoms with van der Waals surface area (Å²) in [6.07, 6.45) is 1.91. The molecule has 1 spiro atoms. The van der Waals surface area contributed by atoms with E-state index in [1.807, 2.05) is 16.8 Å². The van der Waals surface area contributed by atoms with Gasteiger partial charge in [0, 0.05) is 6.54 Å². The molecule has 2 heterocycles. The molecule has 1 aliphatic heterocycles. The smallest absolute Gasteiger partial charge is 0.307 e. The molecule has 0 radical (unpaired) electrons. The number of nitrogens with one attached hydrogen (secondary N) is 1. The Morgan fingerprint density at radius 2 is 2.42 bits per heavy atom. The minimum absolute atomic E-state index is 0.106. The van der Waals surface area contributed by atoms with Crippen molar-refractivity contribution in [2.75, 3.05) is 13.7 Å². The van der Waals surface area contributed by atoms with Gasteiger partial charge in [0.05, 0.1) is 13.5 Å². The average Bonchev–Trinajstić information content (AvgIpc) is 2.89. The molecule has 1 unspecified atom stereocenters. The molecule has 1 N–H and O–H groups in total. The molecular formula is C13H16N2O3S. The number of rotatable bonds is 4. The molecule has 1 atom stereocenters. The van der Waals surface area contributed by atoms with Crippen LogP contribution in [0.4, 0.5) is 0 Å². The fraction of sp³-hybridized carbons (Fsp3) is 0.538. The van der Waals surface area contributed by atoms with Crippen LogP contribution in [0, 0.1) is 0 Å². The lowest BCUT2D eigenvalue weighted by Crippen LogP contribution is -2.33. The van der Waals surface area contributed by atoms with Crippen molar-refractivity contribution in [3.05, 3.63) is 22.4 Å². The second-order valence-electron chi connectivity index (χ2n) is 5.01. The molecule has 1 aromatic heterocycles. The van der Waals surface area contributed by atoms with E-state index in [9.17, 15) is 9.59 Å². The highest BCUT2D eigenvalue weighted by molar-refractivity contribution is 7.07. The van der Waals surface area contributed by atoms with Gasteiger partial charge in [-0.25, -0.2) is 0 Å². The molecule has 102 valence electrons. The van der Waals surface area contributed by atoms with Gasteiger partial charge in [0.15, 0.2) is 0 Å². The molecule has 1 aromatic rings. The fourth-order valence-corrected chi connectivity index (χ4v) is 3.19. The molecule has 3 rings (SSSR count). The molecule has 19 heavy (non-hydrogen) atoms. The second-order valence-corrected chi connectivity index (χ2v) is 5.79. The second kappa shape index (κ2) is 4.61. The Bertz CT molecular complexity index is 496. The van der Waals surface area contributed by atoms with Crippen LogP contribution in [0.25, 0.3) is 0 Å². The van der Waals surface area contributed by atoms with Crippen molar-refractivity contribution in [1.82, 2.24) is 10.2 Å². The van der Waals surface area contributed by atoms with Crippen LogP contribution in [0.15, 0.2) is 16.8 Å². The molecule has 1 amide bonds. The van der Waals surface area contributed by atoms with Crippen molar-refractivity contribution in [1.29, 1.82) is 0 Å². The van der Waals surface area contributed by atoms with Crippen LogP contribution in [-0.4, -0.2) is 36.0 Å². The van der Waals surface area contributed by atoms with E-state index in [4.69, 9.17) is 0 Å². The van der Waals surface area contributed by atoms with Crippen molar-refractivity contribution in [3.63, 3.8) is 0 Å². The van der Waals surface area contributed by atoms with E-state index in [1.54, 1.807) is 16.2 Å². The van der Waals surface area contributed by atoms with E-state index >= 15 is 0 Å². The van der Waals surface area contributed by atoms with Gasteiger partial charge in [-0.15, -0.1) is 0 Å². The molecule has 0 bridgehead atoms. The van der Waals surface area contributed by atoms with Gasteiger partial charge >= 0.3 is 5.97 Å². The first-order valence-electron chi connectivity index (χ1n) is 6.34. The lowest BCUT2D eigenvalue weighted by Gasteiger charge is -2.23. The van der Waals surface area contributed by atoms with Gasteiger partial charge in [0.2, 0.25) is 5.91 Å². The van der Waals surface area contributed by atoms with E-state index in [-0.39, 0.29) is 30.0 Å². The minimum Gasteiger partial charge on any atom is -0.469 e. The van der Waals surface area contributed by atoms with Crippen molar-refractivity contribution in [2.45, 2.75) is 31.0 Å². The predicted molar refractivity (Wildman–Crippen MR) is 70.5 cm³/mol. The third-order valence-electron chi connectivity index (χ3n) is 3.79. The van der Waals surface area contributed by atoms with E-state index in [1.165, 1.54) is 7.11 Å². The Morgan fingerprint density at radius 3 is 3.00 bits per heavy atom. The standard InChI is InChI=1S/C13H16N2O3S/c1-18-10(16)2-6-15-11(9-3-7-19-8-9)14-13(4-5-13)12(15)17/h3,7-8,11,14H,2,4-6H2,1H3. The summed E-state index contributed by atoms with van der Waals surface area (Å²) >= 11 is 1.61. The van der Waals surface area contributed by atoms with E-state index in [0.717, 1.165) is 18.4 Å². The number of amides is 1. The van der Waals surface area contributed by atoms with Crippen molar-refractivity contribution in [3.8, 4) is 0 Å². The summed E-state index contributed by atoms with van der Waals surface area (Å²) in [7, 11) is 1.37. The minimum atomic E-state index is -0.358. The first-order valence-corrected chi connectivity index (χ1v) is 7.28. The maximum atomic E-state index is 12.4. The average molecular weight is 280 g/mol. The summed E-state index contributed by atoms with van der Waals surface area (Å²) < 4.78 is 4.64. The Morgan fingerprint density at radius 1 is 1.63 bits per heavy atom. The van der Waals surface area contributed by atoms with Crippen LogP contribution in [0.3, 0.4) is 0 Å². The molecule has 6 heteroatoms. The van der Waals surface area contributed by atoms with E-state index in [2.05, 4.69) is 10.1 Å². The molecule has 2 aliphatic rings. The highest BCUT2D eigenvalue weighted by Gasteiger charge is 2.59. The summed E-state index contributed by atoms with van der Waals surface area (Å²) in [6.45, 7) is 0.404. The monoisotopic (exact) mass is 280 g/mol. The number of thiophene rings is 1. The number of carbonyl (C=O) groups excluding carboxylic acids is 2. The summed E-state index contributed by atoms with van der Waals surface area (Å²) in [5.41, 5.74) is 0.731. The van der Waals surface area contributed by atoms with Gasteiger partial charge in [0.1, 0.15) is 11.7 Å². The number of hydrogen-bond donors (Lipinski definition) is 1. The van der Waals surface area contributed by atoms with Crippen LogP contribution in [0.2, 0.25) is 0 Å². The van der Waals surface area contributed by atoms with E-state index < -0.39 is 0 Å². The molecule has 1 saturated heterocycles. The number of carbonyl (C=O) groups is 2. The summed E-state index contributed by atoms with van der Waals surface area (Å²) in [5.74, 6) is -0.166. The van der Waals surface area contributed by atoms with Gasteiger partial charge < -0.3 is 9.64 Å². The molecule has 1 aliphatic carbocycles. The third-order valence-corrected chi connectivity index (χ3v) is 4.49. The summed E-state index contributed by atoms with van der Waals surface area (Å²) in [5, 5.41) is 7.45. The SMILES string of the molecule is COC(=O)CCN1C(=O)C2(CC2)NC1c1ccsc1. The Hall–Kier alpha value is -1.40. The number of esters is 1. The Balaban J connectivity index is 1.77. The maximum absolute atomic E-state index is 12.4. The first kappa shape index (κ1) is 12.6. The van der Waals surface area contributed by atoms with Crippen LogP contribution in [0.1, 0.15) is 31.0 Å². The normalized spacial score (nSPS) is 23.9. The topological polar surface area (TPSA) is 58.6 Å². The van der Waals surface area contributed by atoms with Crippen LogP contribution in [-0.2, 0) is 14.3 Å². The molecule has 2 fully saturated rings. The largest absolute Gasteiger partial charge is 0.469 e. The zero-order valence-electron chi connectivity index (χ0n) is 10.7. The molecule has 0 aromatic carbocycles. The molecule has 5 nitrogen and oxygen atoms in total. The lowest BCUT2D eigenvalue weighted by atomic mass is 10.2. The van der Waals surface area contributed by atoms with Gasteiger partial charge in [0.25, 0.3) is 0 Å². The van der Waals surface area contributed by atoms with Crippen LogP contribution in [0.5, 0.6) is 0 Å². The van der Waals surface area contributed by atoms with Gasteiger partial charge in [-0.05, 0) is 35.2 Å². The summed E-state index contributed by atoms with van der Waals surface area (Å²) in [4.78, 5) is 25.4. The lowest BCUT2D eigenvalue weighted by molar-refractivity contribution is -0.141. The molecule has 1 saturated carbocycles. The van der Waals surface area contributed by atoms with Gasteiger partial charge in [-0.1, -0.05) is 0 Å². The summed E-state index contributed by atoms with van der Waals surface area (Å²) in [6, 6.07) is 2.02. The Labute approximate surface area is 115 Å². The van der Waals surface area contributed by atoms with Gasteiger partial charge in [-0.2, -0.15) is 11.3 Å². The number of ether oxygens (including phenoxy) is 1.